The Kier molecular flexibility index (Phi) is 11.2. The first-order valence-corrected chi connectivity index (χ1v) is 18.2. The molecule has 0 saturated heterocycles. The van der Waals surface area contributed by atoms with Crippen LogP contribution in [0, 0.1) is 32.2 Å². The van der Waals surface area contributed by atoms with E-state index in [2.05, 4.69) is 138 Å². The van der Waals surface area contributed by atoms with E-state index in [1.807, 2.05) is 55.5 Å². The second kappa shape index (κ2) is 14.4. The second-order valence-electron chi connectivity index (χ2n) is 17.3. The highest BCUT2D eigenvalue weighted by atomic mass is 127. The van der Waals surface area contributed by atoms with Gasteiger partial charge in [0, 0.05) is 37.0 Å². The summed E-state index contributed by atoms with van der Waals surface area (Å²) >= 11 is 2.30. The van der Waals surface area contributed by atoms with Gasteiger partial charge >= 0.3 is 0 Å². The molecule has 6 nitrogen and oxygen atoms in total. The van der Waals surface area contributed by atoms with Crippen molar-refractivity contribution in [3.8, 4) is 11.1 Å². The molecule has 0 bridgehead atoms. The molecule has 0 aromatic heterocycles. The molecule has 0 fully saturated rings. The van der Waals surface area contributed by atoms with E-state index in [1.54, 1.807) is 12.4 Å². The van der Waals surface area contributed by atoms with E-state index >= 15 is 0 Å². The normalized spacial score (nSPS) is 16.5. The number of ketones is 2. The van der Waals surface area contributed by atoms with Crippen LogP contribution in [0.5, 0.6) is 0 Å². The molecule has 50 heavy (non-hydrogen) atoms. The lowest BCUT2D eigenvalue weighted by Gasteiger charge is -2.31. The minimum Gasteiger partial charge on any atom is -0.289 e. The van der Waals surface area contributed by atoms with Crippen molar-refractivity contribution < 1.29 is 9.59 Å². The molecular formula is C43H51IN4O2. The largest absolute Gasteiger partial charge is 0.289 e. The summed E-state index contributed by atoms with van der Waals surface area (Å²) in [6.45, 7) is 26.7. The number of azo groups is 2. The molecule has 2 aromatic rings. The molecule has 2 aliphatic rings. The zero-order valence-corrected chi connectivity index (χ0v) is 34.1. The fraction of sp³-hybridized carbons (Fsp3) is 0.395. The van der Waals surface area contributed by atoms with Crippen molar-refractivity contribution in [1.82, 2.24) is 0 Å². The van der Waals surface area contributed by atoms with Crippen LogP contribution in [0.3, 0.4) is 0 Å². The van der Waals surface area contributed by atoms with Gasteiger partial charge < -0.3 is 0 Å². The Hall–Kier alpha value is -3.85. The molecule has 0 unspecified atom stereocenters. The standard InChI is InChI=1S/C43H51IN4O2/c1-26-14-16-36(47-45-24-27-19-32(40(2,3)4)38(49)33(20-27)41(5,6)7)30(18-26)31-23-29(44)15-17-37(31)48-46-25-28-21-34(42(8,9)10)39(50)35(22-28)43(11,12)13/h14-25H,1-13H3/b47-45+,48-46+. The zero-order valence-electron chi connectivity index (χ0n) is 31.9. The fourth-order valence-corrected chi connectivity index (χ4v) is 6.25. The molecule has 2 aliphatic carbocycles. The number of aryl methyl sites for hydroxylation is 1. The van der Waals surface area contributed by atoms with Crippen LogP contribution in [-0.4, -0.2) is 11.6 Å². The van der Waals surface area contributed by atoms with E-state index in [-0.39, 0.29) is 33.2 Å². The third kappa shape index (κ3) is 9.27. The maximum Gasteiger partial charge on any atom is 0.186 e. The Balaban J connectivity index is 1.77. The van der Waals surface area contributed by atoms with Crippen molar-refractivity contribution in [2.75, 3.05) is 0 Å². The van der Waals surface area contributed by atoms with Gasteiger partial charge in [0.25, 0.3) is 0 Å². The summed E-state index contributed by atoms with van der Waals surface area (Å²) in [4.78, 5) is 26.8. The van der Waals surface area contributed by atoms with Crippen molar-refractivity contribution in [2.24, 2.45) is 42.1 Å². The van der Waals surface area contributed by atoms with Crippen molar-refractivity contribution in [3.63, 3.8) is 0 Å². The number of benzene rings is 2. The van der Waals surface area contributed by atoms with Crippen molar-refractivity contribution in [3.05, 3.63) is 116 Å². The van der Waals surface area contributed by atoms with E-state index in [0.717, 1.165) is 53.7 Å². The summed E-state index contributed by atoms with van der Waals surface area (Å²) in [6, 6.07) is 12.1. The predicted octanol–water partition coefficient (Wildman–Crippen LogP) is 13.3. The molecule has 0 spiro atoms. The Morgan fingerprint density at radius 1 is 0.520 bits per heavy atom. The molecule has 0 aliphatic heterocycles. The Labute approximate surface area is 312 Å². The number of hydrogen-bond acceptors (Lipinski definition) is 6. The molecule has 7 heteroatoms. The molecule has 0 amide bonds. The maximum absolute atomic E-state index is 13.4. The topological polar surface area (TPSA) is 83.6 Å². The average Bonchev–Trinajstić information content (AvgIpc) is 2.97. The van der Waals surface area contributed by atoms with E-state index in [1.165, 1.54) is 0 Å². The minimum atomic E-state index is -0.307. The minimum absolute atomic E-state index is 0.0871. The number of halogens is 1. The Morgan fingerprint density at radius 3 is 1.22 bits per heavy atom. The molecule has 4 rings (SSSR count). The second-order valence-corrected chi connectivity index (χ2v) is 18.5. The highest BCUT2D eigenvalue weighted by molar-refractivity contribution is 14.1. The number of hydrogen-bond donors (Lipinski definition) is 0. The molecular weight excluding hydrogens is 731 g/mol. The van der Waals surface area contributed by atoms with Crippen LogP contribution in [0.1, 0.15) is 88.6 Å². The summed E-state index contributed by atoms with van der Waals surface area (Å²) in [6.07, 6.45) is 11.2. The van der Waals surface area contributed by atoms with Crippen LogP contribution in [0.2, 0.25) is 0 Å². The van der Waals surface area contributed by atoms with Gasteiger partial charge in [-0.15, -0.1) is 0 Å². The van der Waals surface area contributed by atoms with Gasteiger partial charge in [-0.1, -0.05) is 94.7 Å². The van der Waals surface area contributed by atoms with Gasteiger partial charge in [0.2, 0.25) is 0 Å². The monoisotopic (exact) mass is 782 g/mol. The van der Waals surface area contributed by atoms with E-state index in [0.29, 0.717) is 11.4 Å². The van der Waals surface area contributed by atoms with Crippen LogP contribution >= 0.6 is 22.6 Å². The maximum atomic E-state index is 13.4. The summed E-state index contributed by atoms with van der Waals surface area (Å²) in [5, 5.41) is 18.4. The molecule has 2 aromatic carbocycles. The lowest BCUT2D eigenvalue weighted by molar-refractivity contribution is -0.114. The Morgan fingerprint density at radius 2 is 0.860 bits per heavy atom. The first kappa shape index (κ1) is 38.9. The van der Waals surface area contributed by atoms with Crippen molar-refractivity contribution in [1.29, 1.82) is 0 Å². The predicted molar refractivity (Wildman–Crippen MR) is 215 cm³/mol. The number of Topliss-reactive ketones (excluding diaryl/α,β-unsaturated/α-hetero) is 2. The van der Waals surface area contributed by atoms with Crippen LogP contribution < -0.4 is 0 Å². The lowest BCUT2D eigenvalue weighted by Crippen LogP contribution is -2.27. The summed E-state index contributed by atoms with van der Waals surface area (Å²) < 4.78 is 1.05. The summed E-state index contributed by atoms with van der Waals surface area (Å²) in [5.41, 5.74) is 7.74. The van der Waals surface area contributed by atoms with Crippen LogP contribution in [0.25, 0.3) is 11.1 Å². The van der Waals surface area contributed by atoms with Crippen LogP contribution in [0.4, 0.5) is 11.4 Å². The van der Waals surface area contributed by atoms with Gasteiger partial charge in [0.1, 0.15) is 0 Å². The van der Waals surface area contributed by atoms with Gasteiger partial charge in [-0.05, 0) is 117 Å². The summed E-state index contributed by atoms with van der Waals surface area (Å²) in [7, 11) is 0. The zero-order chi connectivity index (χ0) is 37.4. The van der Waals surface area contributed by atoms with E-state index in [4.69, 9.17) is 0 Å². The number of carbonyl (C=O) groups is 2. The third-order valence-corrected chi connectivity index (χ3v) is 9.27. The Bertz CT molecular complexity index is 1750. The fourth-order valence-electron chi connectivity index (χ4n) is 5.76. The van der Waals surface area contributed by atoms with Crippen LogP contribution in [0.15, 0.2) is 127 Å². The molecule has 262 valence electrons. The highest BCUT2D eigenvalue weighted by Gasteiger charge is 2.35. The number of allylic oxidation sites excluding steroid dienone is 10. The van der Waals surface area contributed by atoms with Crippen molar-refractivity contribution in [2.45, 2.75) is 90.0 Å². The van der Waals surface area contributed by atoms with Gasteiger partial charge in [-0.3, -0.25) is 9.59 Å². The molecule has 0 atom stereocenters. The smallest absolute Gasteiger partial charge is 0.186 e. The van der Waals surface area contributed by atoms with Crippen molar-refractivity contribution >= 4 is 45.5 Å². The molecule has 0 N–H and O–H groups in total. The SMILES string of the molecule is Cc1ccc(/N=N/C=C2C=C(C(C)(C)C)C(=O)C(C(C)(C)C)=C2)c(-c2cc(I)ccc2/N=N/C=C2C=C(C(C)(C)C)C(=O)C(C(C)(C)C)=C2)c1. The molecule has 0 saturated carbocycles. The lowest BCUT2D eigenvalue weighted by atomic mass is 9.72. The number of rotatable bonds is 5. The molecule has 0 heterocycles. The summed E-state index contributed by atoms with van der Waals surface area (Å²) in [5.74, 6) is 0.174. The van der Waals surface area contributed by atoms with Gasteiger partial charge in [-0.2, -0.15) is 20.5 Å². The van der Waals surface area contributed by atoms with Gasteiger partial charge in [-0.25, -0.2) is 0 Å². The first-order valence-electron chi connectivity index (χ1n) is 17.1. The van der Waals surface area contributed by atoms with E-state index in [9.17, 15) is 9.59 Å². The highest BCUT2D eigenvalue weighted by Crippen LogP contribution is 2.42. The van der Waals surface area contributed by atoms with Crippen LogP contribution in [-0.2, 0) is 9.59 Å². The van der Waals surface area contributed by atoms with E-state index < -0.39 is 0 Å². The van der Waals surface area contributed by atoms with Gasteiger partial charge in [0.05, 0.1) is 23.8 Å². The first-order chi connectivity index (χ1) is 23.0. The average molecular weight is 783 g/mol. The number of nitrogens with zero attached hydrogens (tertiary/aromatic N) is 4. The third-order valence-electron chi connectivity index (χ3n) is 8.60. The van der Waals surface area contributed by atoms with Gasteiger partial charge in [0.15, 0.2) is 11.6 Å². The quantitative estimate of drug-likeness (QED) is 0.223. The number of carbonyl (C=O) groups excluding carboxylic acids is 2. The molecule has 0 radical (unpaired) electrons.